The van der Waals surface area contributed by atoms with E-state index in [0.29, 0.717) is 32.6 Å². The van der Waals surface area contributed by atoms with Gasteiger partial charge in [0, 0.05) is 42.9 Å². The van der Waals surface area contributed by atoms with Crippen molar-refractivity contribution in [1.82, 2.24) is 19.8 Å². The highest BCUT2D eigenvalue weighted by atomic mass is 79.9. The van der Waals surface area contributed by atoms with E-state index < -0.39 is 16.4 Å². The van der Waals surface area contributed by atoms with Crippen LogP contribution in [0.2, 0.25) is 0 Å². The van der Waals surface area contributed by atoms with Crippen LogP contribution in [0.1, 0.15) is 69.9 Å². The van der Waals surface area contributed by atoms with Gasteiger partial charge in [0.2, 0.25) is 11.1 Å². The molecule has 3 N–H and O–H groups in total. The largest absolute Gasteiger partial charge is 0.444 e. The normalized spacial score (nSPS) is 13.3. The quantitative estimate of drug-likeness (QED) is 0.127. The van der Waals surface area contributed by atoms with Crippen molar-refractivity contribution < 1.29 is 28.7 Å². The number of carbonyl (C=O) groups excluding carboxylic acids is 4. The molecule has 2 aliphatic heterocycles. The average molecular weight is 1090 g/mol. The van der Waals surface area contributed by atoms with Crippen molar-refractivity contribution in [2.75, 3.05) is 24.1 Å². The molecule has 19 heteroatoms. The molecule has 12 nitrogen and oxygen atoms in total. The molecule has 6 heterocycles. The van der Waals surface area contributed by atoms with Gasteiger partial charge < -0.3 is 30.3 Å². The van der Waals surface area contributed by atoms with Crippen LogP contribution in [0.25, 0.3) is 41.6 Å². The lowest BCUT2D eigenvalue weighted by Gasteiger charge is -2.30. The maximum Gasteiger partial charge on any atom is 0.410 e. The number of nitrogens with two attached hydrogens (primary N) is 1. The third kappa shape index (κ3) is 12.6. The van der Waals surface area contributed by atoms with Crippen LogP contribution in [-0.2, 0) is 45.0 Å². The molecule has 3 amide bonds. The van der Waals surface area contributed by atoms with E-state index >= 15 is 0 Å². The summed E-state index contributed by atoms with van der Waals surface area (Å²) in [6.07, 6.45) is 3.13. The molecule has 64 heavy (non-hydrogen) atoms. The number of halogens is 3. The first-order valence-corrected chi connectivity index (χ1v) is 24.7. The topological polar surface area (TPSA) is 157 Å². The number of aromatic nitrogens is 2. The van der Waals surface area contributed by atoms with Gasteiger partial charge in [0.15, 0.2) is 0 Å². The number of anilines is 2. The fourth-order valence-corrected chi connectivity index (χ4v) is 12.2. The summed E-state index contributed by atoms with van der Waals surface area (Å²) in [5, 5.41) is 5.74. The summed E-state index contributed by atoms with van der Waals surface area (Å²) in [7, 11) is 0. The van der Waals surface area contributed by atoms with E-state index in [-0.39, 0.29) is 25.5 Å². The second-order valence-electron chi connectivity index (χ2n) is 16.2. The summed E-state index contributed by atoms with van der Waals surface area (Å²) >= 11 is 18.0. The molecule has 0 fully saturated rings. The summed E-state index contributed by atoms with van der Waals surface area (Å²) in [4.78, 5) is 61.8. The fourth-order valence-electron chi connectivity index (χ4n) is 6.52. The Balaban J connectivity index is 0.000000216. The van der Waals surface area contributed by atoms with Gasteiger partial charge in [0.1, 0.15) is 26.2 Å². The van der Waals surface area contributed by atoms with Crippen LogP contribution in [0.4, 0.5) is 19.6 Å². The van der Waals surface area contributed by atoms with Crippen LogP contribution in [0.15, 0.2) is 70.7 Å². The zero-order valence-electron chi connectivity index (χ0n) is 35.4. The van der Waals surface area contributed by atoms with E-state index in [9.17, 15) is 19.2 Å². The minimum Gasteiger partial charge on any atom is -0.444 e. The first-order valence-electron chi connectivity index (χ1n) is 19.5. The van der Waals surface area contributed by atoms with Gasteiger partial charge in [-0.25, -0.2) is 19.6 Å². The van der Waals surface area contributed by atoms with Crippen LogP contribution in [0.3, 0.4) is 0 Å². The van der Waals surface area contributed by atoms with Crippen molar-refractivity contribution >= 4 is 143 Å². The van der Waals surface area contributed by atoms with Crippen molar-refractivity contribution in [3.05, 3.63) is 91.5 Å². The zero-order valence-corrected chi connectivity index (χ0v) is 42.6. The number of benzene rings is 2. The molecule has 0 radical (unpaired) electrons. The van der Waals surface area contributed by atoms with Gasteiger partial charge in [-0.15, -0.1) is 45.3 Å². The van der Waals surface area contributed by atoms with E-state index in [4.69, 9.17) is 36.8 Å². The van der Waals surface area contributed by atoms with Crippen molar-refractivity contribution in [2.45, 2.75) is 86.1 Å². The maximum atomic E-state index is 12.6. The minimum atomic E-state index is -0.545. The number of rotatable bonds is 5. The predicted molar refractivity (Wildman–Crippen MR) is 273 cm³/mol. The second kappa shape index (κ2) is 21.0. The smallest absolute Gasteiger partial charge is 0.410 e. The standard InChI is InChI=1S/C22H22BrN3O3S2.C19H20BrN3O2S2.C3H3ClO.CH4/c1-5-17(27)25-20-18(19-24-14-7-6-12(23)10-15(14)30-19)13-8-9-26(11-16(13)31-20)21(28)29-22(2,3)4;1-19(2,3)25-18(24)23-7-6-11-14(9-23)26-16(21)15(11)17-22-12-5-4-10(20)8-13(12)27-17;1-2-3(4)5;/h5-7,10H,1,8-9,11H2,2-4H3,(H,25,27);4-5,8H,6-7,9,21H2,1-3H3;2H,1H2;1H4. The first kappa shape index (κ1) is 50.8. The van der Waals surface area contributed by atoms with Crippen molar-refractivity contribution in [3.8, 4) is 21.1 Å². The number of nitrogens with one attached hydrogen (secondary N) is 1. The molecule has 6 aromatic rings. The number of allylic oxidation sites excluding steroid dienone is 1. The molecule has 2 aromatic carbocycles. The van der Waals surface area contributed by atoms with Crippen LogP contribution >= 0.6 is 88.8 Å². The number of ether oxygens (including phenoxy) is 2. The van der Waals surface area contributed by atoms with Crippen LogP contribution in [0.5, 0.6) is 0 Å². The SMILES string of the molecule is C.C=CC(=O)Cl.C=CC(=O)Nc1sc2c(c1-c1nc3ccc(Br)cc3s1)CCN(C(=O)OC(C)(C)C)C2.CC(C)(C)OC(=O)N1CCc2c(sc(N)c2-c2nc3ccc(Br)cc3s2)C1. The highest BCUT2D eigenvalue weighted by Gasteiger charge is 2.33. The Bertz CT molecular complexity index is 2750. The van der Waals surface area contributed by atoms with Crippen LogP contribution in [0, 0.1) is 0 Å². The van der Waals surface area contributed by atoms with E-state index in [0.717, 1.165) is 88.3 Å². The zero-order chi connectivity index (χ0) is 46.0. The van der Waals surface area contributed by atoms with E-state index in [2.05, 4.69) is 56.4 Å². The Labute approximate surface area is 410 Å². The second-order valence-corrected chi connectivity index (χ2v) is 22.7. The molecule has 0 atom stereocenters. The molecule has 0 unspecified atom stereocenters. The van der Waals surface area contributed by atoms with E-state index in [1.165, 1.54) is 23.0 Å². The van der Waals surface area contributed by atoms with E-state index in [1.807, 2.05) is 71.9 Å². The average Bonchev–Trinajstić information content (AvgIpc) is 3.97. The third-order valence-corrected chi connectivity index (χ3v) is 14.5. The van der Waals surface area contributed by atoms with Crippen LogP contribution < -0.4 is 11.1 Å². The highest BCUT2D eigenvalue weighted by Crippen LogP contribution is 2.47. The Morgan fingerprint density at radius 2 is 1.19 bits per heavy atom. The molecule has 0 bridgehead atoms. The number of carbonyl (C=O) groups is 4. The van der Waals surface area contributed by atoms with Gasteiger partial charge in [0.25, 0.3) is 0 Å². The Hall–Kier alpha value is -4.17. The van der Waals surface area contributed by atoms with Gasteiger partial charge in [0.05, 0.1) is 38.5 Å². The molecule has 4 aromatic heterocycles. The summed E-state index contributed by atoms with van der Waals surface area (Å²) in [6.45, 7) is 20.0. The molecule has 0 saturated heterocycles. The first-order chi connectivity index (χ1) is 29.6. The molecule has 2 aliphatic rings. The molecular weight excluding hydrogens is 1040 g/mol. The van der Waals surface area contributed by atoms with Gasteiger partial charge >= 0.3 is 12.2 Å². The number of fused-ring (bicyclic) bond motifs is 4. The molecule has 340 valence electrons. The number of amides is 3. The Kier molecular flexibility index (Phi) is 16.7. The lowest BCUT2D eigenvalue weighted by molar-refractivity contribution is -0.112. The van der Waals surface area contributed by atoms with Gasteiger partial charge in [-0.1, -0.05) is 52.4 Å². The Morgan fingerprint density at radius 1 is 0.750 bits per heavy atom. The van der Waals surface area contributed by atoms with Gasteiger partial charge in [-0.05, 0) is 126 Å². The number of thiazole rings is 2. The van der Waals surface area contributed by atoms with Crippen molar-refractivity contribution in [1.29, 1.82) is 0 Å². The fraction of sp³-hybridized carbons (Fsp3) is 0.333. The molecule has 0 aliphatic carbocycles. The maximum absolute atomic E-state index is 12.6. The van der Waals surface area contributed by atoms with Crippen LogP contribution in [-0.4, -0.2) is 67.4 Å². The highest BCUT2D eigenvalue weighted by molar-refractivity contribution is 9.10. The minimum absolute atomic E-state index is 0. The third-order valence-electron chi connectivity index (χ3n) is 9.16. The monoisotopic (exact) mass is 1090 g/mol. The molecular formula is C45H49Br2ClN6O6S4. The predicted octanol–water partition coefficient (Wildman–Crippen LogP) is 13.4. The van der Waals surface area contributed by atoms with E-state index in [1.54, 1.807) is 43.8 Å². The summed E-state index contributed by atoms with van der Waals surface area (Å²) in [5.74, 6) is -0.271. The molecule has 0 spiro atoms. The number of nitrogens with zero attached hydrogens (tertiary/aromatic N) is 4. The lowest BCUT2D eigenvalue weighted by atomic mass is 10.0. The molecule has 8 rings (SSSR count). The number of nitrogen functional groups attached to an aromatic ring is 1. The molecule has 0 saturated carbocycles. The van der Waals surface area contributed by atoms with Crippen molar-refractivity contribution in [3.63, 3.8) is 0 Å². The van der Waals surface area contributed by atoms with Gasteiger partial charge in [-0.2, -0.15) is 0 Å². The summed E-state index contributed by atoms with van der Waals surface area (Å²) in [6, 6.07) is 12.1. The number of hydrogen-bond acceptors (Lipinski definition) is 13. The summed E-state index contributed by atoms with van der Waals surface area (Å²) in [5.41, 5.74) is 11.5. The van der Waals surface area contributed by atoms with Crippen molar-refractivity contribution in [2.24, 2.45) is 0 Å². The Morgan fingerprint density at radius 3 is 1.62 bits per heavy atom. The van der Waals surface area contributed by atoms with Gasteiger partial charge in [-0.3, -0.25) is 9.59 Å². The lowest BCUT2D eigenvalue weighted by Crippen LogP contribution is -2.39. The number of thiophene rings is 2. The summed E-state index contributed by atoms with van der Waals surface area (Å²) < 4.78 is 15.3. The number of hydrogen-bond donors (Lipinski definition) is 2.